The minimum absolute atomic E-state index is 0.0592. The first kappa shape index (κ1) is 12.0. The maximum absolute atomic E-state index is 11.8. The largest absolute Gasteiger partial charge is 0.368 e. The molecule has 1 saturated heterocycles. The molecule has 0 spiro atoms. The molecule has 17 heavy (non-hydrogen) atoms. The lowest BCUT2D eigenvalue weighted by Crippen LogP contribution is -2.46. The summed E-state index contributed by atoms with van der Waals surface area (Å²) in [5.74, 6) is -0.122. The molecule has 0 radical (unpaired) electrons. The fourth-order valence-electron chi connectivity index (χ4n) is 1.71. The summed E-state index contributed by atoms with van der Waals surface area (Å²) in [4.78, 5) is 11.8. The van der Waals surface area contributed by atoms with E-state index in [0.717, 1.165) is 11.6 Å². The van der Waals surface area contributed by atoms with Crippen LogP contribution in [0.1, 0.15) is 0 Å². The Morgan fingerprint density at radius 1 is 1.47 bits per heavy atom. The van der Waals surface area contributed by atoms with Gasteiger partial charge >= 0.3 is 0 Å². The molecule has 0 bridgehead atoms. The van der Waals surface area contributed by atoms with Crippen LogP contribution in [0.3, 0.4) is 0 Å². The van der Waals surface area contributed by atoms with Crippen LogP contribution in [-0.2, 0) is 9.53 Å². The first-order valence-corrected chi connectivity index (χ1v) is 5.64. The molecule has 2 N–H and O–H groups in total. The van der Waals surface area contributed by atoms with Gasteiger partial charge in [0.25, 0.3) is 0 Å². The van der Waals surface area contributed by atoms with Gasteiger partial charge in [0.15, 0.2) is 5.78 Å². The molecule has 0 saturated carbocycles. The number of rotatable bonds is 4. The van der Waals surface area contributed by atoms with Gasteiger partial charge in [0.2, 0.25) is 0 Å². The number of nitrogens with zero attached hydrogens (tertiary/aromatic N) is 1. The van der Waals surface area contributed by atoms with Gasteiger partial charge < -0.3 is 10.1 Å². The predicted octanol–water partition coefficient (Wildman–Crippen LogP) is 0.440. The number of nitrogens with one attached hydrogen (secondary N) is 1. The van der Waals surface area contributed by atoms with Crippen LogP contribution >= 0.6 is 0 Å². The van der Waals surface area contributed by atoms with Crippen molar-refractivity contribution in [2.24, 2.45) is 0 Å². The molecule has 1 fully saturated rings. The number of benzene rings is 1. The Bertz CT molecular complexity index is 363. The highest BCUT2D eigenvalue weighted by molar-refractivity contribution is 5.87. The molecule has 2 rings (SSSR count). The highest BCUT2D eigenvalue weighted by Crippen LogP contribution is 2.11. The predicted molar refractivity (Wildman–Crippen MR) is 63.2 cm³/mol. The number of morpholine rings is 1. The van der Waals surface area contributed by atoms with E-state index in [4.69, 9.17) is 4.74 Å². The fraction of sp³-hybridized carbons (Fsp3) is 0.417. The van der Waals surface area contributed by atoms with Gasteiger partial charge in [-0.3, -0.25) is 10.0 Å². The van der Waals surface area contributed by atoms with Gasteiger partial charge in [-0.1, -0.05) is 18.2 Å². The molecule has 1 aliphatic heterocycles. The summed E-state index contributed by atoms with van der Waals surface area (Å²) in [6, 6.07) is 8.96. The average Bonchev–Trinajstić information content (AvgIpc) is 2.40. The number of ether oxygens (including phenoxy) is 1. The molecule has 92 valence electrons. The minimum Gasteiger partial charge on any atom is -0.368 e. The van der Waals surface area contributed by atoms with Gasteiger partial charge in [0.1, 0.15) is 12.6 Å². The maximum Gasteiger partial charge on any atom is 0.184 e. The van der Waals surface area contributed by atoms with Crippen molar-refractivity contribution in [3.05, 3.63) is 30.3 Å². The second-order valence-corrected chi connectivity index (χ2v) is 3.92. The Hall–Kier alpha value is -1.43. The number of carbonyl (C=O) groups excluding carboxylic acids is 1. The highest BCUT2D eigenvalue weighted by Gasteiger charge is 2.23. The van der Waals surface area contributed by atoms with Crippen molar-refractivity contribution >= 4 is 11.5 Å². The third-order valence-corrected chi connectivity index (χ3v) is 2.65. The molecule has 0 amide bonds. The first-order chi connectivity index (χ1) is 8.27. The lowest BCUT2D eigenvalue weighted by Gasteiger charge is -2.24. The maximum atomic E-state index is 11.8. The van der Waals surface area contributed by atoms with Crippen LogP contribution in [0.25, 0.3) is 0 Å². The Kier molecular flexibility index (Phi) is 4.08. The number of hydrogen-bond donors (Lipinski definition) is 2. The number of para-hydroxylation sites is 1. The Labute approximate surface area is 99.9 Å². The average molecular weight is 236 g/mol. The lowest BCUT2D eigenvalue weighted by molar-refractivity contribution is -0.131. The fourth-order valence-corrected chi connectivity index (χ4v) is 1.71. The van der Waals surface area contributed by atoms with Crippen molar-refractivity contribution in [2.75, 3.05) is 31.3 Å². The Morgan fingerprint density at radius 2 is 2.24 bits per heavy atom. The molecule has 0 aliphatic carbocycles. The number of hydroxylamine groups is 1. The SMILES string of the molecule is O=C(CN(O)c1ccccc1)C1CNCCO1. The van der Waals surface area contributed by atoms with E-state index in [1.165, 1.54) is 0 Å². The zero-order valence-electron chi connectivity index (χ0n) is 9.50. The summed E-state index contributed by atoms with van der Waals surface area (Å²) < 4.78 is 5.33. The van der Waals surface area contributed by atoms with Gasteiger partial charge in [0, 0.05) is 13.1 Å². The van der Waals surface area contributed by atoms with Crippen molar-refractivity contribution < 1.29 is 14.7 Å². The molecule has 1 unspecified atom stereocenters. The quantitative estimate of drug-likeness (QED) is 0.743. The number of hydrogen-bond acceptors (Lipinski definition) is 5. The van der Waals surface area contributed by atoms with Gasteiger partial charge in [-0.25, -0.2) is 5.06 Å². The Morgan fingerprint density at radius 3 is 2.88 bits per heavy atom. The van der Waals surface area contributed by atoms with E-state index in [2.05, 4.69) is 5.32 Å². The van der Waals surface area contributed by atoms with Crippen molar-refractivity contribution in [1.82, 2.24) is 5.32 Å². The summed E-state index contributed by atoms with van der Waals surface area (Å²) >= 11 is 0. The normalized spacial score (nSPS) is 19.9. The zero-order valence-corrected chi connectivity index (χ0v) is 9.50. The number of anilines is 1. The topological polar surface area (TPSA) is 61.8 Å². The third-order valence-electron chi connectivity index (χ3n) is 2.65. The summed E-state index contributed by atoms with van der Waals surface area (Å²) in [7, 11) is 0. The molecule has 1 atom stereocenters. The van der Waals surface area contributed by atoms with Crippen molar-refractivity contribution in [3.63, 3.8) is 0 Å². The van der Waals surface area contributed by atoms with Crippen molar-refractivity contribution in [2.45, 2.75) is 6.10 Å². The van der Waals surface area contributed by atoms with Crippen LogP contribution in [0, 0.1) is 0 Å². The van der Waals surface area contributed by atoms with Crippen LogP contribution in [0.15, 0.2) is 30.3 Å². The van der Waals surface area contributed by atoms with E-state index in [1.54, 1.807) is 12.1 Å². The summed E-state index contributed by atoms with van der Waals surface area (Å²) in [5, 5.41) is 13.8. The number of ketones is 1. The van der Waals surface area contributed by atoms with Crippen molar-refractivity contribution in [3.8, 4) is 0 Å². The zero-order chi connectivity index (χ0) is 12.1. The summed E-state index contributed by atoms with van der Waals surface area (Å²) in [6.07, 6.45) is -0.456. The molecule has 1 aromatic rings. The van der Waals surface area contributed by atoms with Gasteiger partial charge in [0.05, 0.1) is 12.3 Å². The molecule has 1 aliphatic rings. The van der Waals surface area contributed by atoms with Crippen LogP contribution in [0.2, 0.25) is 0 Å². The van der Waals surface area contributed by atoms with Gasteiger partial charge in [-0.2, -0.15) is 0 Å². The van der Waals surface area contributed by atoms with E-state index in [1.807, 2.05) is 18.2 Å². The highest BCUT2D eigenvalue weighted by atomic mass is 16.5. The number of Topliss-reactive ketones (excluding diaryl/α,β-unsaturated/α-hetero) is 1. The van der Waals surface area contributed by atoms with Crippen LogP contribution in [-0.4, -0.2) is 43.3 Å². The van der Waals surface area contributed by atoms with Crippen LogP contribution in [0.5, 0.6) is 0 Å². The second kappa shape index (κ2) is 5.77. The first-order valence-electron chi connectivity index (χ1n) is 5.64. The van der Waals surface area contributed by atoms with E-state index in [9.17, 15) is 10.0 Å². The molecule has 0 aromatic heterocycles. The molecule has 1 aromatic carbocycles. The van der Waals surface area contributed by atoms with Gasteiger partial charge in [-0.05, 0) is 12.1 Å². The summed E-state index contributed by atoms with van der Waals surface area (Å²) in [5.41, 5.74) is 0.601. The van der Waals surface area contributed by atoms with Crippen LogP contribution < -0.4 is 10.4 Å². The third kappa shape index (κ3) is 3.26. The van der Waals surface area contributed by atoms with E-state index < -0.39 is 6.10 Å². The molecular formula is C12H16N2O3. The standard InChI is InChI=1S/C12H16N2O3/c15-11(12-8-13-6-7-17-12)9-14(16)10-4-2-1-3-5-10/h1-5,12-13,16H,6-9H2. The molecule has 1 heterocycles. The van der Waals surface area contributed by atoms with E-state index in [0.29, 0.717) is 18.8 Å². The summed E-state index contributed by atoms with van der Waals surface area (Å²) in [6.45, 7) is 1.76. The molecule has 5 nitrogen and oxygen atoms in total. The monoisotopic (exact) mass is 236 g/mol. The molecular weight excluding hydrogens is 220 g/mol. The van der Waals surface area contributed by atoms with E-state index in [-0.39, 0.29) is 12.3 Å². The van der Waals surface area contributed by atoms with Crippen molar-refractivity contribution in [1.29, 1.82) is 0 Å². The number of carbonyl (C=O) groups is 1. The van der Waals surface area contributed by atoms with Gasteiger partial charge in [-0.15, -0.1) is 0 Å². The van der Waals surface area contributed by atoms with E-state index >= 15 is 0 Å². The molecule has 5 heteroatoms. The second-order valence-electron chi connectivity index (χ2n) is 3.92. The smallest absolute Gasteiger partial charge is 0.184 e. The van der Waals surface area contributed by atoms with Crippen LogP contribution in [0.4, 0.5) is 5.69 Å². The Balaban J connectivity index is 1.89. The minimum atomic E-state index is -0.456. The lowest BCUT2D eigenvalue weighted by atomic mass is 10.2.